The Bertz CT molecular complexity index is 777. The van der Waals surface area contributed by atoms with Crippen LogP contribution in [0.3, 0.4) is 0 Å². The van der Waals surface area contributed by atoms with Crippen molar-refractivity contribution < 1.29 is 19.1 Å². The first kappa shape index (κ1) is 16.1. The van der Waals surface area contributed by atoms with Gasteiger partial charge in [0.15, 0.2) is 12.7 Å². The van der Waals surface area contributed by atoms with E-state index < -0.39 is 6.10 Å². The first-order valence-electron chi connectivity index (χ1n) is 7.31. The molecule has 7 heteroatoms. The van der Waals surface area contributed by atoms with Crippen molar-refractivity contribution in [3.05, 3.63) is 47.5 Å². The summed E-state index contributed by atoms with van der Waals surface area (Å²) in [6.45, 7) is 1.53. The third-order valence-corrected chi connectivity index (χ3v) is 3.63. The maximum Gasteiger partial charge on any atom is 0.265 e. The Morgan fingerprint density at radius 2 is 2.04 bits per heavy atom. The molecule has 1 aliphatic rings. The molecule has 3 rings (SSSR count). The lowest BCUT2D eigenvalue weighted by Crippen LogP contribution is -2.34. The summed E-state index contributed by atoms with van der Waals surface area (Å²) in [5, 5.41) is 6.03. The molecule has 1 heterocycles. The molecule has 2 amide bonds. The lowest BCUT2D eigenvalue weighted by atomic mass is 10.2. The molecule has 124 valence electrons. The van der Waals surface area contributed by atoms with E-state index in [2.05, 4.69) is 10.6 Å². The van der Waals surface area contributed by atoms with Crippen LogP contribution in [0.15, 0.2) is 42.5 Å². The molecular weight excluding hydrogens is 332 g/mol. The number of carbonyl (C=O) groups excluding carboxylic acids is 2. The molecule has 2 N–H and O–H groups in total. The van der Waals surface area contributed by atoms with E-state index in [0.29, 0.717) is 27.9 Å². The van der Waals surface area contributed by atoms with Crippen LogP contribution in [0.2, 0.25) is 5.02 Å². The highest BCUT2D eigenvalue weighted by atomic mass is 35.5. The quantitative estimate of drug-likeness (QED) is 0.892. The number of carbonyl (C=O) groups is 2. The molecule has 2 aromatic rings. The van der Waals surface area contributed by atoms with Gasteiger partial charge in [0.1, 0.15) is 11.5 Å². The smallest absolute Gasteiger partial charge is 0.265 e. The molecule has 0 unspecified atom stereocenters. The fraction of sp³-hybridized carbons (Fsp3) is 0.176. The Morgan fingerprint density at radius 1 is 1.29 bits per heavy atom. The molecule has 0 bridgehead atoms. The molecule has 1 atom stereocenters. The monoisotopic (exact) mass is 346 g/mol. The molecule has 0 aromatic heterocycles. The molecule has 0 spiro atoms. The van der Waals surface area contributed by atoms with Gasteiger partial charge in [-0.2, -0.15) is 0 Å². The van der Waals surface area contributed by atoms with Gasteiger partial charge in [0.25, 0.3) is 11.8 Å². The second kappa shape index (κ2) is 6.80. The molecule has 0 radical (unpaired) electrons. The number of hydrogen-bond acceptors (Lipinski definition) is 4. The highest BCUT2D eigenvalue weighted by Gasteiger charge is 2.23. The van der Waals surface area contributed by atoms with E-state index in [-0.39, 0.29) is 18.4 Å². The summed E-state index contributed by atoms with van der Waals surface area (Å²) in [6.07, 6.45) is -0.536. The number of amides is 2. The highest BCUT2D eigenvalue weighted by Crippen LogP contribution is 2.32. The van der Waals surface area contributed by atoms with Gasteiger partial charge in [-0.05, 0) is 49.4 Å². The Labute approximate surface area is 143 Å². The summed E-state index contributed by atoms with van der Waals surface area (Å²) in [6, 6.07) is 11.8. The standard InChI is InChI=1S/C17H15ClN2O4/c1-10-17(22)20-14-8-12(4-7-15(14)24-10)19-16(21)9-23-13-5-2-11(18)3-6-13/h2-8,10H,9H2,1H3,(H,19,21)(H,20,22)/t10-/m0/s1. The van der Waals surface area contributed by atoms with E-state index in [0.717, 1.165) is 0 Å². The summed E-state index contributed by atoms with van der Waals surface area (Å²) in [7, 11) is 0. The van der Waals surface area contributed by atoms with Crippen molar-refractivity contribution in [2.45, 2.75) is 13.0 Å². The van der Waals surface area contributed by atoms with Crippen molar-refractivity contribution in [3.8, 4) is 11.5 Å². The van der Waals surface area contributed by atoms with E-state index in [1.807, 2.05) is 0 Å². The molecule has 2 aromatic carbocycles. The molecule has 0 fully saturated rings. The van der Waals surface area contributed by atoms with Crippen molar-refractivity contribution in [1.29, 1.82) is 0 Å². The van der Waals surface area contributed by atoms with Crippen LogP contribution in [0, 0.1) is 0 Å². The van der Waals surface area contributed by atoms with Gasteiger partial charge in [0.2, 0.25) is 0 Å². The van der Waals surface area contributed by atoms with Gasteiger partial charge in [-0.25, -0.2) is 0 Å². The Hall–Kier alpha value is -2.73. The minimum atomic E-state index is -0.536. The summed E-state index contributed by atoms with van der Waals surface area (Å²) < 4.78 is 10.8. The van der Waals surface area contributed by atoms with Gasteiger partial charge in [-0.3, -0.25) is 9.59 Å². The summed E-state index contributed by atoms with van der Waals surface area (Å²) in [5.74, 6) is 0.575. The highest BCUT2D eigenvalue weighted by molar-refractivity contribution is 6.30. The Balaban J connectivity index is 1.59. The van der Waals surface area contributed by atoms with Crippen molar-refractivity contribution in [2.24, 2.45) is 0 Å². The number of ether oxygens (including phenoxy) is 2. The average Bonchev–Trinajstić information content (AvgIpc) is 2.56. The largest absolute Gasteiger partial charge is 0.484 e. The fourth-order valence-corrected chi connectivity index (χ4v) is 2.29. The number of benzene rings is 2. The molecule has 0 saturated carbocycles. The second-order valence-corrected chi connectivity index (χ2v) is 5.69. The van der Waals surface area contributed by atoms with Crippen molar-refractivity contribution in [1.82, 2.24) is 0 Å². The van der Waals surface area contributed by atoms with Gasteiger partial charge in [-0.15, -0.1) is 0 Å². The van der Waals surface area contributed by atoms with E-state index in [1.54, 1.807) is 49.4 Å². The average molecular weight is 347 g/mol. The van der Waals surface area contributed by atoms with Gasteiger partial charge in [0.05, 0.1) is 5.69 Å². The van der Waals surface area contributed by atoms with E-state index in [1.165, 1.54) is 0 Å². The van der Waals surface area contributed by atoms with Gasteiger partial charge in [0, 0.05) is 10.7 Å². The topological polar surface area (TPSA) is 76.7 Å². The maximum absolute atomic E-state index is 12.0. The fourth-order valence-electron chi connectivity index (χ4n) is 2.16. The van der Waals surface area contributed by atoms with Crippen LogP contribution >= 0.6 is 11.6 Å². The summed E-state index contributed by atoms with van der Waals surface area (Å²) in [5.41, 5.74) is 1.06. The third-order valence-electron chi connectivity index (χ3n) is 3.38. The number of fused-ring (bicyclic) bond motifs is 1. The van der Waals surface area contributed by atoms with Crippen molar-refractivity contribution >= 4 is 34.8 Å². The first-order chi connectivity index (χ1) is 11.5. The van der Waals surface area contributed by atoms with Crippen LogP contribution < -0.4 is 20.1 Å². The molecule has 6 nitrogen and oxygen atoms in total. The zero-order valence-corrected chi connectivity index (χ0v) is 13.6. The van der Waals surface area contributed by atoms with Gasteiger partial charge >= 0.3 is 0 Å². The molecular formula is C17H15ClN2O4. The number of hydrogen-bond donors (Lipinski definition) is 2. The first-order valence-corrected chi connectivity index (χ1v) is 7.69. The number of rotatable bonds is 4. The summed E-state index contributed by atoms with van der Waals surface area (Å²) >= 11 is 5.78. The minimum Gasteiger partial charge on any atom is -0.484 e. The van der Waals surface area contributed by atoms with E-state index in [9.17, 15) is 9.59 Å². The zero-order chi connectivity index (χ0) is 17.1. The normalized spacial score (nSPS) is 15.8. The molecule has 0 aliphatic carbocycles. The zero-order valence-electron chi connectivity index (χ0n) is 12.8. The van der Waals surface area contributed by atoms with Crippen LogP contribution in [0.4, 0.5) is 11.4 Å². The Kier molecular flexibility index (Phi) is 4.57. The van der Waals surface area contributed by atoms with Crippen LogP contribution in [0.5, 0.6) is 11.5 Å². The van der Waals surface area contributed by atoms with E-state index in [4.69, 9.17) is 21.1 Å². The Morgan fingerprint density at radius 3 is 2.79 bits per heavy atom. The van der Waals surface area contributed by atoms with Gasteiger partial charge in [-0.1, -0.05) is 11.6 Å². The maximum atomic E-state index is 12.0. The van der Waals surface area contributed by atoms with Crippen LogP contribution in [0.1, 0.15) is 6.92 Å². The SMILES string of the molecule is C[C@@H]1Oc2ccc(NC(=O)COc3ccc(Cl)cc3)cc2NC1=O. The molecule has 1 aliphatic heterocycles. The summed E-state index contributed by atoms with van der Waals surface area (Å²) in [4.78, 5) is 23.6. The third kappa shape index (κ3) is 3.78. The number of halogens is 1. The van der Waals surface area contributed by atoms with Crippen molar-refractivity contribution in [2.75, 3.05) is 17.2 Å². The van der Waals surface area contributed by atoms with Crippen LogP contribution in [-0.4, -0.2) is 24.5 Å². The predicted octanol–water partition coefficient (Wildman–Crippen LogP) is 3.08. The molecule has 24 heavy (non-hydrogen) atoms. The van der Waals surface area contributed by atoms with Gasteiger partial charge < -0.3 is 20.1 Å². The lowest BCUT2D eigenvalue weighted by Gasteiger charge is -2.23. The minimum absolute atomic E-state index is 0.140. The van der Waals surface area contributed by atoms with Crippen LogP contribution in [-0.2, 0) is 9.59 Å². The predicted molar refractivity (Wildman–Crippen MR) is 90.7 cm³/mol. The van der Waals surface area contributed by atoms with Crippen molar-refractivity contribution in [3.63, 3.8) is 0 Å². The molecule has 0 saturated heterocycles. The van der Waals surface area contributed by atoms with Crippen LogP contribution in [0.25, 0.3) is 0 Å². The second-order valence-electron chi connectivity index (χ2n) is 5.25. The lowest BCUT2D eigenvalue weighted by molar-refractivity contribution is -0.122. The number of anilines is 2. The van der Waals surface area contributed by atoms with E-state index >= 15 is 0 Å². The number of nitrogens with one attached hydrogen (secondary N) is 2.